The normalized spacial score (nSPS) is 17.6. The lowest BCUT2D eigenvalue weighted by molar-refractivity contribution is -0.120. The molecule has 1 aliphatic heterocycles. The smallest absolute Gasteiger partial charge is 0.253 e. The number of anilines is 1. The van der Waals surface area contributed by atoms with Crippen LogP contribution in [-0.2, 0) is 14.8 Å². The second-order valence-electron chi connectivity index (χ2n) is 7.77. The molecule has 30 heavy (non-hydrogen) atoms. The number of carbonyl (C=O) groups excluding carboxylic acids is 2. The Balaban J connectivity index is 1.70. The first-order valence-electron chi connectivity index (χ1n) is 10.0. The second-order valence-corrected chi connectivity index (χ2v) is 10.9. The topological polar surface area (TPSA) is 95.6 Å². The fraction of sp³-hybridized carbons (Fsp3) is 0.429. The van der Waals surface area contributed by atoms with E-state index in [0.29, 0.717) is 43.1 Å². The number of nitrogens with one attached hydrogen (secondary N) is 2. The molecule has 0 aliphatic carbocycles. The van der Waals surface area contributed by atoms with E-state index >= 15 is 0 Å². The van der Waals surface area contributed by atoms with Gasteiger partial charge >= 0.3 is 0 Å². The summed E-state index contributed by atoms with van der Waals surface area (Å²) in [6.07, 6.45) is 1.21. The molecule has 0 bridgehead atoms. The zero-order chi connectivity index (χ0) is 21.7. The number of hydrogen-bond donors (Lipinski definition) is 2. The molecule has 1 fully saturated rings. The predicted octanol–water partition coefficient (Wildman–Crippen LogP) is 3.17. The number of piperidine rings is 1. The summed E-state index contributed by atoms with van der Waals surface area (Å²) in [5, 5.41) is 7.42. The van der Waals surface area contributed by atoms with Crippen LogP contribution in [0.5, 0.6) is 0 Å². The van der Waals surface area contributed by atoms with E-state index in [0.717, 1.165) is 0 Å². The average molecular weight is 450 g/mol. The third-order valence-electron chi connectivity index (χ3n) is 4.94. The summed E-state index contributed by atoms with van der Waals surface area (Å²) in [6.45, 7) is 5.09. The number of hydrogen-bond acceptors (Lipinski definition) is 5. The minimum atomic E-state index is -3.59. The summed E-state index contributed by atoms with van der Waals surface area (Å²) in [7, 11) is -3.59. The maximum absolute atomic E-state index is 12.9. The van der Waals surface area contributed by atoms with Crippen LogP contribution >= 0.6 is 11.3 Å². The summed E-state index contributed by atoms with van der Waals surface area (Å²) >= 11 is 1.17. The van der Waals surface area contributed by atoms with Crippen LogP contribution in [-0.4, -0.2) is 44.2 Å². The summed E-state index contributed by atoms with van der Waals surface area (Å²) in [5.41, 5.74) is 0.826. The molecule has 0 saturated carbocycles. The van der Waals surface area contributed by atoms with Gasteiger partial charge in [0, 0.05) is 19.6 Å². The van der Waals surface area contributed by atoms with Gasteiger partial charge in [0.05, 0.1) is 17.2 Å². The van der Waals surface area contributed by atoms with Gasteiger partial charge in [-0.3, -0.25) is 9.59 Å². The van der Waals surface area contributed by atoms with Crippen LogP contribution in [0.3, 0.4) is 0 Å². The van der Waals surface area contributed by atoms with Crippen molar-refractivity contribution in [2.75, 3.05) is 25.0 Å². The molecule has 1 atom stereocenters. The molecule has 0 spiro atoms. The van der Waals surface area contributed by atoms with Crippen LogP contribution in [0, 0.1) is 11.8 Å². The van der Waals surface area contributed by atoms with Crippen LogP contribution in [0.25, 0.3) is 0 Å². The fourth-order valence-corrected chi connectivity index (χ4v) is 6.00. The second kappa shape index (κ2) is 9.72. The molecule has 1 aromatic carbocycles. The Bertz CT molecular complexity index is 987. The summed E-state index contributed by atoms with van der Waals surface area (Å²) in [6, 6.07) is 10.1. The Morgan fingerprint density at radius 2 is 1.97 bits per heavy atom. The summed E-state index contributed by atoms with van der Waals surface area (Å²) in [5.74, 6) is -0.676. The molecular formula is C21H27N3O4S2. The van der Waals surface area contributed by atoms with Crippen molar-refractivity contribution in [3.8, 4) is 0 Å². The highest BCUT2D eigenvalue weighted by Gasteiger charge is 2.34. The Kier molecular flexibility index (Phi) is 7.27. The molecule has 9 heteroatoms. The Labute approximate surface area is 181 Å². The molecular weight excluding hydrogens is 422 g/mol. The van der Waals surface area contributed by atoms with Crippen molar-refractivity contribution in [2.45, 2.75) is 30.9 Å². The Morgan fingerprint density at radius 3 is 2.67 bits per heavy atom. The Morgan fingerprint density at radius 1 is 1.20 bits per heavy atom. The van der Waals surface area contributed by atoms with Crippen LogP contribution in [0.15, 0.2) is 46.0 Å². The molecule has 7 nitrogen and oxygen atoms in total. The number of amides is 2. The number of sulfonamides is 1. The van der Waals surface area contributed by atoms with Crippen molar-refractivity contribution in [3.63, 3.8) is 0 Å². The van der Waals surface area contributed by atoms with E-state index in [4.69, 9.17) is 0 Å². The molecule has 0 unspecified atom stereocenters. The van der Waals surface area contributed by atoms with Gasteiger partial charge in [0.2, 0.25) is 5.91 Å². The highest BCUT2D eigenvalue weighted by atomic mass is 32.2. The monoisotopic (exact) mass is 449 g/mol. The first-order chi connectivity index (χ1) is 14.3. The van der Waals surface area contributed by atoms with E-state index in [-0.39, 0.29) is 22.6 Å². The van der Waals surface area contributed by atoms with E-state index in [1.807, 2.05) is 13.8 Å². The number of para-hydroxylation sites is 1. The van der Waals surface area contributed by atoms with Gasteiger partial charge in [0.15, 0.2) is 0 Å². The van der Waals surface area contributed by atoms with Gasteiger partial charge in [0.25, 0.3) is 15.9 Å². The van der Waals surface area contributed by atoms with Crippen molar-refractivity contribution in [1.29, 1.82) is 0 Å². The van der Waals surface area contributed by atoms with Crippen LogP contribution in [0.4, 0.5) is 5.69 Å². The molecule has 1 saturated heterocycles. The lowest BCUT2D eigenvalue weighted by Gasteiger charge is -2.31. The average Bonchev–Trinajstić information content (AvgIpc) is 3.28. The molecule has 2 N–H and O–H groups in total. The maximum atomic E-state index is 12.9. The van der Waals surface area contributed by atoms with Gasteiger partial charge in [-0.05, 0) is 42.3 Å². The van der Waals surface area contributed by atoms with Crippen molar-refractivity contribution in [1.82, 2.24) is 9.62 Å². The minimum absolute atomic E-state index is 0.133. The van der Waals surface area contributed by atoms with E-state index in [9.17, 15) is 18.0 Å². The van der Waals surface area contributed by atoms with Crippen molar-refractivity contribution < 1.29 is 18.0 Å². The van der Waals surface area contributed by atoms with Gasteiger partial charge in [-0.25, -0.2) is 8.42 Å². The quantitative estimate of drug-likeness (QED) is 0.679. The molecule has 162 valence electrons. The highest BCUT2D eigenvalue weighted by Crippen LogP contribution is 2.27. The van der Waals surface area contributed by atoms with Gasteiger partial charge in [-0.1, -0.05) is 32.0 Å². The molecule has 1 aromatic heterocycles. The van der Waals surface area contributed by atoms with Crippen molar-refractivity contribution in [2.24, 2.45) is 11.8 Å². The standard InChI is InChI=1S/C21H27N3O4S2/c1-15(2)13-22-21(26)17-8-3-4-9-18(17)23-20(25)16-7-5-11-24(14-16)30(27,28)19-10-6-12-29-19/h3-4,6,8-10,12,15-16H,5,7,11,13-14H2,1-2H3,(H,22,26)(H,23,25)/t16-/m0/s1. The Hall–Kier alpha value is -2.23. The maximum Gasteiger partial charge on any atom is 0.253 e. The lowest BCUT2D eigenvalue weighted by Crippen LogP contribution is -2.43. The number of rotatable bonds is 7. The molecule has 3 rings (SSSR count). The lowest BCUT2D eigenvalue weighted by atomic mass is 9.98. The first kappa shape index (κ1) is 22.5. The van der Waals surface area contributed by atoms with Crippen molar-refractivity contribution in [3.05, 3.63) is 47.3 Å². The number of thiophene rings is 1. The summed E-state index contributed by atoms with van der Waals surface area (Å²) < 4.78 is 27.3. The molecule has 0 radical (unpaired) electrons. The van der Waals surface area contributed by atoms with E-state index < -0.39 is 15.9 Å². The minimum Gasteiger partial charge on any atom is -0.352 e. The zero-order valence-corrected chi connectivity index (χ0v) is 18.8. The summed E-state index contributed by atoms with van der Waals surface area (Å²) in [4.78, 5) is 25.4. The number of carbonyl (C=O) groups is 2. The van der Waals surface area contributed by atoms with Crippen LogP contribution in [0.1, 0.15) is 37.0 Å². The molecule has 2 amide bonds. The van der Waals surface area contributed by atoms with E-state index in [2.05, 4.69) is 10.6 Å². The van der Waals surface area contributed by atoms with Gasteiger partial charge in [-0.15, -0.1) is 11.3 Å². The van der Waals surface area contributed by atoms with E-state index in [1.165, 1.54) is 15.6 Å². The van der Waals surface area contributed by atoms with Gasteiger partial charge in [0.1, 0.15) is 4.21 Å². The van der Waals surface area contributed by atoms with Crippen molar-refractivity contribution >= 4 is 38.9 Å². The molecule has 2 heterocycles. The SMILES string of the molecule is CC(C)CNC(=O)c1ccccc1NC(=O)[C@H]1CCCN(S(=O)(=O)c2cccs2)C1. The van der Waals surface area contributed by atoms with Crippen LogP contribution < -0.4 is 10.6 Å². The predicted molar refractivity (Wildman–Crippen MR) is 118 cm³/mol. The third kappa shape index (κ3) is 5.27. The highest BCUT2D eigenvalue weighted by molar-refractivity contribution is 7.91. The first-order valence-corrected chi connectivity index (χ1v) is 12.3. The van der Waals surface area contributed by atoms with Gasteiger partial charge in [-0.2, -0.15) is 4.31 Å². The zero-order valence-electron chi connectivity index (χ0n) is 17.1. The fourth-order valence-electron chi connectivity index (χ4n) is 3.33. The molecule has 2 aromatic rings. The molecule has 1 aliphatic rings. The van der Waals surface area contributed by atoms with E-state index in [1.54, 1.807) is 41.8 Å². The largest absolute Gasteiger partial charge is 0.352 e. The number of benzene rings is 1. The van der Waals surface area contributed by atoms with Gasteiger partial charge < -0.3 is 10.6 Å². The number of nitrogens with zero attached hydrogens (tertiary/aromatic N) is 1. The van der Waals surface area contributed by atoms with Crippen LogP contribution in [0.2, 0.25) is 0 Å². The third-order valence-corrected chi connectivity index (χ3v) is 8.18.